The minimum Gasteiger partial charge on any atom is -0.343 e. The Morgan fingerprint density at radius 2 is 2.00 bits per heavy atom. The second-order valence-electron chi connectivity index (χ2n) is 5.29. The molecule has 1 aliphatic rings. The van der Waals surface area contributed by atoms with Crippen molar-refractivity contribution in [2.45, 2.75) is 18.9 Å². The van der Waals surface area contributed by atoms with Crippen LogP contribution in [0.3, 0.4) is 0 Å². The summed E-state index contributed by atoms with van der Waals surface area (Å²) in [4.78, 5) is 15.9. The maximum absolute atomic E-state index is 12.5. The molecule has 1 fully saturated rings. The summed E-state index contributed by atoms with van der Waals surface area (Å²) in [6.07, 6.45) is 8.03. The summed E-state index contributed by atoms with van der Waals surface area (Å²) >= 11 is 0. The molecule has 1 N–H and O–H groups in total. The molecule has 3 heterocycles. The summed E-state index contributed by atoms with van der Waals surface area (Å²) < 4.78 is 27.7. The van der Waals surface area contributed by atoms with Gasteiger partial charge in [-0.3, -0.25) is 4.98 Å². The number of aromatic nitrogens is 4. The van der Waals surface area contributed by atoms with E-state index in [1.54, 1.807) is 24.8 Å². The first-order valence-electron chi connectivity index (χ1n) is 7.02. The van der Waals surface area contributed by atoms with E-state index in [0.717, 1.165) is 12.8 Å². The van der Waals surface area contributed by atoms with Gasteiger partial charge in [-0.15, -0.1) is 0 Å². The lowest BCUT2D eigenvalue weighted by atomic mass is 10.1. The maximum atomic E-state index is 12.5. The molecule has 9 heteroatoms. The van der Waals surface area contributed by atoms with Gasteiger partial charge in [-0.25, -0.2) is 9.97 Å². The van der Waals surface area contributed by atoms with Crippen molar-refractivity contribution in [3.63, 3.8) is 0 Å². The van der Waals surface area contributed by atoms with Gasteiger partial charge in [0.15, 0.2) is 5.82 Å². The molecular weight excluding hydrogens is 304 g/mol. The standard InChI is InChI=1S/C13H18N6O2S/c1-18(2)22(20,21)19-9-3-4-10(19)11-12(15-6-5-14-11)13-16-7-8-17-13/h5-8,10H,3-4,9H2,1-2H3,(H,16,17)/t10-/m1/s1. The number of nitrogens with zero attached hydrogens (tertiary/aromatic N) is 5. The van der Waals surface area contributed by atoms with Crippen LogP contribution in [0.25, 0.3) is 11.5 Å². The highest BCUT2D eigenvalue weighted by Gasteiger charge is 2.38. The van der Waals surface area contributed by atoms with E-state index < -0.39 is 10.2 Å². The van der Waals surface area contributed by atoms with E-state index >= 15 is 0 Å². The van der Waals surface area contributed by atoms with Crippen molar-refractivity contribution in [1.29, 1.82) is 0 Å². The lowest BCUT2D eigenvalue weighted by molar-refractivity contribution is 0.358. The van der Waals surface area contributed by atoms with Crippen LogP contribution >= 0.6 is 0 Å². The summed E-state index contributed by atoms with van der Waals surface area (Å²) in [5, 5.41) is 0. The van der Waals surface area contributed by atoms with E-state index in [1.807, 2.05) is 0 Å². The van der Waals surface area contributed by atoms with Crippen LogP contribution in [-0.2, 0) is 10.2 Å². The topological polar surface area (TPSA) is 95.1 Å². The minimum atomic E-state index is -3.49. The van der Waals surface area contributed by atoms with Crippen molar-refractivity contribution >= 4 is 10.2 Å². The van der Waals surface area contributed by atoms with E-state index in [0.29, 0.717) is 23.8 Å². The van der Waals surface area contributed by atoms with Crippen molar-refractivity contribution in [3.8, 4) is 11.5 Å². The molecule has 0 bridgehead atoms. The van der Waals surface area contributed by atoms with Crippen LogP contribution in [0.5, 0.6) is 0 Å². The molecule has 1 atom stereocenters. The van der Waals surface area contributed by atoms with Crippen molar-refractivity contribution in [3.05, 3.63) is 30.5 Å². The molecule has 3 rings (SSSR count). The Bertz CT molecular complexity index is 744. The number of imidazole rings is 1. The Labute approximate surface area is 129 Å². The van der Waals surface area contributed by atoms with Gasteiger partial charge in [0, 0.05) is 45.4 Å². The third-order valence-corrected chi connectivity index (χ3v) is 5.68. The lowest BCUT2D eigenvalue weighted by Gasteiger charge is -2.27. The smallest absolute Gasteiger partial charge is 0.282 e. The van der Waals surface area contributed by atoms with Crippen LogP contribution < -0.4 is 0 Å². The van der Waals surface area contributed by atoms with Gasteiger partial charge in [0.1, 0.15) is 5.69 Å². The average molecular weight is 322 g/mol. The molecule has 8 nitrogen and oxygen atoms in total. The van der Waals surface area contributed by atoms with Gasteiger partial charge in [-0.05, 0) is 12.8 Å². The highest BCUT2D eigenvalue weighted by molar-refractivity contribution is 7.86. The Morgan fingerprint density at radius 1 is 1.23 bits per heavy atom. The molecule has 1 aliphatic heterocycles. The maximum Gasteiger partial charge on any atom is 0.282 e. The summed E-state index contributed by atoms with van der Waals surface area (Å²) in [6.45, 7) is 0.485. The molecule has 0 unspecified atom stereocenters. The normalized spacial score (nSPS) is 19.9. The second-order valence-corrected chi connectivity index (χ2v) is 7.38. The quantitative estimate of drug-likeness (QED) is 0.899. The fourth-order valence-corrected chi connectivity index (χ4v) is 3.98. The molecule has 22 heavy (non-hydrogen) atoms. The molecule has 1 saturated heterocycles. The molecule has 0 aromatic carbocycles. The van der Waals surface area contributed by atoms with Gasteiger partial charge in [0.2, 0.25) is 0 Å². The number of hydrogen-bond donors (Lipinski definition) is 1. The van der Waals surface area contributed by atoms with E-state index in [1.165, 1.54) is 22.7 Å². The highest BCUT2D eigenvalue weighted by atomic mass is 32.2. The van der Waals surface area contributed by atoms with Crippen LogP contribution in [0.1, 0.15) is 24.6 Å². The van der Waals surface area contributed by atoms with Gasteiger partial charge in [-0.1, -0.05) is 0 Å². The zero-order valence-electron chi connectivity index (χ0n) is 12.5. The van der Waals surface area contributed by atoms with E-state index in [-0.39, 0.29) is 6.04 Å². The van der Waals surface area contributed by atoms with Gasteiger partial charge < -0.3 is 4.98 Å². The Kier molecular flexibility index (Phi) is 3.94. The average Bonchev–Trinajstić information content (AvgIpc) is 3.18. The van der Waals surface area contributed by atoms with Crippen LogP contribution in [-0.4, -0.2) is 57.6 Å². The van der Waals surface area contributed by atoms with E-state index in [2.05, 4.69) is 19.9 Å². The predicted molar refractivity (Wildman–Crippen MR) is 80.9 cm³/mol. The van der Waals surface area contributed by atoms with Crippen LogP contribution in [0.15, 0.2) is 24.8 Å². The molecule has 0 radical (unpaired) electrons. The number of H-pyrrole nitrogens is 1. The van der Waals surface area contributed by atoms with E-state index in [4.69, 9.17) is 0 Å². The monoisotopic (exact) mass is 322 g/mol. The van der Waals surface area contributed by atoms with Crippen molar-refractivity contribution in [1.82, 2.24) is 28.5 Å². The Morgan fingerprint density at radius 3 is 2.68 bits per heavy atom. The molecule has 0 aliphatic carbocycles. The van der Waals surface area contributed by atoms with Crippen LogP contribution in [0.2, 0.25) is 0 Å². The number of nitrogens with one attached hydrogen (secondary N) is 1. The zero-order chi connectivity index (χ0) is 15.7. The molecular formula is C13H18N6O2S. The summed E-state index contributed by atoms with van der Waals surface area (Å²) in [7, 11) is -0.418. The molecule has 2 aromatic rings. The van der Waals surface area contributed by atoms with Crippen molar-refractivity contribution in [2.24, 2.45) is 0 Å². The predicted octanol–water partition coefficient (Wildman–Crippen LogP) is 0.810. The molecule has 0 spiro atoms. The Balaban J connectivity index is 2.05. The van der Waals surface area contributed by atoms with Gasteiger partial charge in [-0.2, -0.15) is 17.0 Å². The van der Waals surface area contributed by atoms with Gasteiger partial charge in [0.25, 0.3) is 10.2 Å². The fraction of sp³-hybridized carbons (Fsp3) is 0.462. The summed E-state index contributed by atoms with van der Waals surface area (Å²) in [5.41, 5.74) is 1.23. The first-order chi connectivity index (χ1) is 10.5. The largest absolute Gasteiger partial charge is 0.343 e. The Hall–Kier alpha value is -1.84. The third-order valence-electron chi connectivity index (χ3n) is 3.73. The molecule has 118 valence electrons. The van der Waals surface area contributed by atoms with Crippen molar-refractivity contribution < 1.29 is 8.42 Å². The lowest BCUT2D eigenvalue weighted by Crippen LogP contribution is -2.39. The van der Waals surface area contributed by atoms with Gasteiger partial charge in [0.05, 0.1) is 11.7 Å². The molecule has 2 aromatic heterocycles. The van der Waals surface area contributed by atoms with Gasteiger partial charge >= 0.3 is 0 Å². The first-order valence-corrected chi connectivity index (χ1v) is 8.41. The highest BCUT2D eigenvalue weighted by Crippen LogP contribution is 2.36. The molecule has 0 amide bonds. The summed E-state index contributed by atoms with van der Waals surface area (Å²) in [6, 6.07) is -0.318. The third kappa shape index (κ3) is 2.51. The second kappa shape index (κ2) is 5.75. The number of aromatic amines is 1. The zero-order valence-corrected chi connectivity index (χ0v) is 13.3. The first kappa shape index (κ1) is 15.1. The molecule has 0 saturated carbocycles. The SMILES string of the molecule is CN(C)S(=O)(=O)N1CCC[C@@H]1c1nccnc1-c1ncc[nH]1. The number of rotatable bonds is 4. The number of hydrogen-bond acceptors (Lipinski definition) is 5. The van der Waals surface area contributed by atoms with Crippen LogP contribution in [0.4, 0.5) is 0 Å². The van der Waals surface area contributed by atoms with Crippen LogP contribution in [0, 0.1) is 0 Å². The van der Waals surface area contributed by atoms with Crippen molar-refractivity contribution in [2.75, 3.05) is 20.6 Å². The summed E-state index contributed by atoms with van der Waals surface area (Å²) in [5.74, 6) is 0.595. The minimum absolute atomic E-state index is 0.318. The fourth-order valence-electron chi connectivity index (χ4n) is 2.67. The van der Waals surface area contributed by atoms with E-state index in [9.17, 15) is 8.42 Å².